The Morgan fingerprint density at radius 1 is 0.974 bits per heavy atom. The number of hydrogen-bond acceptors (Lipinski definition) is 6. The molecule has 39 heavy (non-hydrogen) atoms. The van der Waals surface area contributed by atoms with Crippen LogP contribution >= 0.6 is 0 Å². The number of carbonyl (C=O) groups excluding carboxylic acids is 2. The highest BCUT2D eigenvalue weighted by Gasteiger charge is 2.62. The lowest BCUT2D eigenvalue weighted by atomic mass is 9.44. The molecule has 0 unspecified atom stereocenters. The minimum Gasteiger partial charge on any atom is -0.457 e. The number of esters is 1. The fourth-order valence-electron chi connectivity index (χ4n) is 9.87. The van der Waals surface area contributed by atoms with Crippen LogP contribution in [0, 0.1) is 34.5 Å². The Morgan fingerprint density at radius 2 is 1.82 bits per heavy atom. The SMILES string of the molecule is C[C@]12CC[C@@]3(C[C@@H]1CC[C@@H]1[C@@H]2CC[C@]2(C)C(=O)CC[C@@H]12)CN(Cc1cn(Cc2ccccc2)nn1)CC(=O)O3. The third-order valence-corrected chi connectivity index (χ3v) is 11.9. The Bertz CT molecular complexity index is 1260. The van der Waals surface area contributed by atoms with E-state index in [4.69, 9.17) is 4.74 Å². The van der Waals surface area contributed by atoms with Crippen molar-refractivity contribution in [3.8, 4) is 0 Å². The van der Waals surface area contributed by atoms with E-state index in [0.717, 1.165) is 50.8 Å². The highest BCUT2D eigenvalue weighted by molar-refractivity contribution is 5.87. The summed E-state index contributed by atoms with van der Waals surface area (Å²) in [6.45, 7) is 7.20. The van der Waals surface area contributed by atoms with E-state index in [-0.39, 0.29) is 22.4 Å². The van der Waals surface area contributed by atoms with Crippen molar-refractivity contribution in [2.24, 2.45) is 34.5 Å². The molecule has 2 heterocycles. The number of hydrogen-bond donors (Lipinski definition) is 0. The van der Waals surface area contributed by atoms with Gasteiger partial charge in [0.2, 0.25) is 0 Å². The third kappa shape index (κ3) is 4.27. The van der Waals surface area contributed by atoms with Crippen molar-refractivity contribution in [3.05, 3.63) is 47.8 Å². The summed E-state index contributed by atoms with van der Waals surface area (Å²) in [5.74, 6) is 2.97. The number of rotatable bonds is 4. The van der Waals surface area contributed by atoms with Gasteiger partial charge < -0.3 is 4.74 Å². The summed E-state index contributed by atoms with van der Waals surface area (Å²) in [7, 11) is 0. The number of benzene rings is 1. The van der Waals surface area contributed by atoms with Crippen LogP contribution in [-0.4, -0.2) is 50.3 Å². The average Bonchev–Trinajstić information content (AvgIpc) is 3.47. The Morgan fingerprint density at radius 3 is 2.67 bits per heavy atom. The molecule has 1 aliphatic heterocycles. The van der Waals surface area contributed by atoms with Crippen LogP contribution in [0.15, 0.2) is 36.5 Å². The first kappa shape index (κ1) is 25.4. The molecule has 7 rings (SSSR count). The molecule has 7 nitrogen and oxygen atoms in total. The van der Waals surface area contributed by atoms with Gasteiger partial charge in [0.1, 0.15) is 11.4 Å². The molecule has 4 saturated carbocycles. The first-order valence-corrected chi connectivity index (χ1v) is 15.2. The fraction of sp³-hybridized carbons (Fsp3) is 0.688. The number of Topliss-reactive ketones (excluding diaryl/α,β-unsaturated/α-hetero) is 1. The maximum atomic E-state index is 12.9. The van der Waals surface area contributed by atoms with Crippen molar-refractivity contribution in [3.63, 3.8) is 0 Å². The predicted octanol–water partition coefficient (Wildman–Crippen LogP) is 5.04. The first-order chi connectivity index (χ1) is 18.8. The summed E-state index contributed by atoms with van der Waals surface area (Å²) in [6, 6.07) is 10.3. The zero-order valence-electron chi connectivity index (χ0n) is 23.5. The van der Waals surface area contributed by atoms with Crippen molar-refractivity contribution in [1.82, 2.24) is 19.9 Å². The second kappa shape index (κ2) is 9.25. The predicted molar refractivity (Wildman–Crippen MR) is 146 cm³/mol. The number of ketones is 1. The number of morpholine rings is 1. The van der Waals surface area contributed by atoms with Crippen LogP contribution < -0.4 is 0 Å². The summed E-state index contributed by atoms with van der Waals surface area (Å²) in [5.41, 5.74) is 1.92. The number of ether oxygens (including phenoxy) is 1. The fourth-order valence-corrected chi connectivity index (χ4v) is 9.87. The van der Waals surface area contributed by atoms with E-state index in [2.05, 4.69) is 41.2 Å². The Kier molecular flexibility index (Phi) is 6.03. The van der Waals surface area contributed by atoms with Crippen LogP contribution in [0.4, 0.5) is 0 Å². The van der Waals surface area contributed by atoms with E-state index < -0.39 is 0 Å². The summed E-state index contributed by atoms with van der Waals surface area (Å²) in [6.07, 6.45) is 11.6. The average molecular weight is 531 g/mol. The first-order valence-electron chi connectivity index (χ1n) is 15.2. The zero-order chi connectivity index (χ0) is 26.8. The molecular weight excluding hydrogens is 488 g/mol. The molecule has 7 heteroatoms. The summed E-state index contributed by atoms with van der Waals surface area (Å²) >= 11 is 0. The minimum absolute atomic E-state index is 0.0669. The van der Waals surface area contributed by atoms with Gasteiger partial charge in [-0.05, 0) is 86.0 Å². The molecular formula is C32H42N4O3. The highest BCUT2D eigenvalue weighted by Crippen LogP contribution is 2.66. The molecule has 0 radical (unpaired) electrons. The number of carbonyl (C=O) groups is 2. The standard InChI is InChI=1S/C32H42N4O3/c1-30-14-15-32(16-23(30)8-9-25-26-10-11-28(37)31(26,2)13-12-27(25)30)21-35(20-29(38)39-32)18-24-19-36(34-33-24)17-22-6-4-3-5-7-22/h3-7,19,23,25-27H,8-18,20-21H2,1-2H3/t23-,25-,26-,27-,30-,31-,32+/m0/s1. The van der Waals surface area contributed by atoms with Gasteiger partial charge in [0.15, 0.2) is 0 Å². The van der Waals surface area contributed by atoms with E-state index in [1.165, 1.54) is 24.8 Å². The molecule has 1 spiro atoms. The van der Waals surface area contributed by atoms with Gasteiger partial charge >= 0.3 is 5.97 Å². The van der Waals surface area contributed by atoms with Gasteiger partial charge in [-0.15, -0.1) is 5.10 Å². The summed E-state index contributed by atoms with van der Waals surface area (Å²) in [4.78, 5) is 27.9. The molecule has 1 aromatic heterocycles. The van der Waals surface area contributed by atoms with Crippen molar-refractivity contribution in [2.75, 3.05) is 13.1 Å². The molecule has 208 valence electrons. The zero-order valence-corrected chi connectivity index (χ0v) is 23.5. The Hall–Kier alpha value is -2.54. The topological polar surface area (TPSA) is 77.3 Å². The Balaban J connectivity index is 1.04. The summed E-state index contributed by atoms with van der Waals surface area (Å²) < 4.78 is 8.11. The molecule has 2 aromatic rings. The van der Waals surface area contributed by atoms with Crippen molar-refractivity contribution in [1.29, 1.82) is 0 Å². The second-order valence-electron chi connectivity index (χ2n) is 14.0. The lowest BCUT2D eigenvalue weighted by Crippen LogP contribution is -2.61. The van der Waals surface area contributed by atoms with Gasteiger partial charge in [-0.25, -0.2) is 4.68 Å². The highest BCUT2D eigenvalue weighted by atomic mass is 16.6. The van der Waals surface area contributed by atoms with E-state index in [9.17, 15) is 9.59 Å². The van der Waals surface area contributed by atoms with Gasteiger partial charge in [-0.1, -0.05) is 49.4 Å². The van der Waals surface area contributed by atoms with Gasteiger partial charge in [0.25, 0.3) is 0 Å². The molecule has 0 bridgehead atoms. The molecule has 1 aromatic carbocycles. The number of aromatic nitrogens is 3. The van der Waals surface area contributed by atoms with Crippen molar-refractivity contribution < 1.29 is 14.3 Å². The third-order valence-electron chi connectivity index (χ3n) is 11.9. The van der Waals surface area contributed by atoms with Crippen molar-refractivity contribution in [2.45, 2.75) is 90.3 Å². The number of fused-ring (bicyclic) bond motifs is 5. The molecule has 0 amide bonds. The second-order valence-corrected chi connectivity index (χ2v) is 14.0. The van der Waals surface area contributed by atoms with E-state index in [1.807, 2.05) is 29.1 Å². The van der Waals surface area contributed by atoms with Crippen LogP contribution in [0.3, 0.4) is 0 Å². The number of nitrogens with zero attached hydrogens (tertiary/aromatic N) is 4. The largest absolute Gasteiger partial charge is 0.457 e. The minimum atomic E-state index is -0.390. The molecule has 4 aliphatic carbocycles. The Labute approximate surface area is 231 Å². The van der Waals surface area contributed by atoms with Gasteiger partial charge in [-0.3, -0.25) is 14.5 Å². The molecule has 0 N–H and O–H groups in total. The van der Waals surface area contributed by atoms with Gasteiger partial charge in [0.05, 0.1) is 25.0 Å². The molecule has 5 fully saturated rings. The van der Waals surface area contributed by atoms with Crippen LogP contribution in [0.5, 0.6) is 0 Å². The quantitative estimate of drug-likeness (QED) is 0.516. The van der Waals surface area contributed by atoms with Crippen LogP contribution in [0.1, 0.15) is 82.9 Å². The maximum absolute atomic E-state index is 12.9. The molecule has 7 atom stereocenters. The van der Waals surface area contributed by atoms with E-state index in [1.54, 1.807) is 0 Å². The molecule has 1 saturated heterocycles. The smallest absolute Gasteiger partial charge is 0.320 e. The van der Waals surface area contributed by atoms with Crippen LogP contribution in [0.25, 0.3) is 0 Å². The van der Waals surface area contributed by atoms with Crippen molar-refractivity contribution >= 4 is 11.8 Å². The lowest BCUT2D eigenvalue weighted by Gasteiger charge is -2.62. The van der Waals surface area contributed by atoms with Crippen LogP contribution in [0.2, 0.25) is 0 Å². The molecule has 5 aliphatic rings. The van der Waals surface area contributed by atoms with E-state index in [0.29, 0.717) is 49.1 Å². The summed E-state index contributed by atoms with van der Waals surface area (Å²) in [5, 5.41) is 8.76. The van der Waals surface area contributed by atoms with Gasteiger partial charge in [0, 0.05) is 24.9 Å². The maximum Gasteiger partial charge on any atom is 0.320 e. The normalized spacial score (nSPS) is 40.2. The monoisotopic (exact) mass is 530 g/mol. The lowest BCUT2D eigenvalue weighted by molar-refractivity contribution is -0.200. The van der Waals surface area contributed by atoms with Gasteiger partial charge in [-0.2, -0.15) is 0 Å². The van der Waals surface area contributed by atoms with E-state index >= 15 is 0 Å². The van der Waals surface area contributed by atoms with Crippen LogP contribution in [-0.2, 0) is 27.4 Å².